The number of alkyl halides is 1. The van der Waals surface area contributed by atoms with Crippen molar-refractivity contribution in [3.8, 4) is 0 Å². The SMILES string of the molecule is C[C@@]1(F)CCCN(C(=O)Cc2cccc(N3CCCC3=O)c2)C1. The molecule has 0 bridgehead atoms. The van der Waals surface area contributed by atoms with Crippen LogP contribution in [0.25, 0.3) is 0 Å². The summed E-state index contributed by atoms with van der Waals surface area (Å²) in [5.74, 6) is 0.0937. The fraction of sp³-hybridized carbons (Fsp3) is 0.556. The fourth-order valence-electron chi connectivity index (χ4n) is 3.45. The molecule has 1 aromatic carbocycles. The molecule has 124 valence electrons. The van der Waals surface area contributed by atoms with Crippen LogP contribution >= 0.6 is 0 Å². The summed E-state index contributed by atoms with van der Waals surface area (Å²) < 4.78 is 14.1. The maximum Gasteiger partial charge on any atom is 0.227 e. The maximum absolute atomic E-state index is 14.1. The third kappa shape index (κ3) is 3.71. The first-order valence-electron chi connectivity index (χ1n) is 8.31. The van der Waals surface area contributed by atoms with Gasteiger partial charge in [-0.25, -0.2) is 4.39 Å². The van der Waals surface area contributed by atoms with E-state index in [4.69, 9.17) is 0 Å². The molecule has 0 N–H and O–H groups in total. The molecular weight excluding hydrogens is 295 g/mol. The first-order chi connectivity index (χ1) is 10.9. The van der Waals surface area contributed by atoms with Crippen LogP contribution in [0.15, 0.2) is 24.3 Å². The Morgan fingerprint density at radius 3 is 2.83 bits per heavy atom. The summed E-state index contributed by atoms with van der Waals surface area (Å²) in [6.45, 7) is 3.10. The Labute approximate surface area is 136 Å². The van der Waals surface area contributed by atoms with Crippen molar-refractivity contribution < 1.29 is 14.0 Å². The minimum absolute atomic E-state index is 0.0431. The van der Waals surface area contributed by atoms with Crippen molar-refractivity contribution in [2.24, 2.45) is 0 Å². The zero-order valence-electron chi connectivity index (χ0n) is 13.6. The van der Waals surface area contributed by atoms with Crippen LogP contribution in [0.2, 0.25) is 0 Å². The highest BCUT2D eigenvalue weighted by Gasteiger charge is 2.32. The lowest BCUT2D eigenvalue weighted by molar-refractivity contribution is -0.134. The summed E-state index contributed by atoms with van der Waals surface area (Å²) in [7, 11) is 0. The van der Waals surface area contributed by atoms with Crippen LogP contribution in [-0.2, 0) is 16.0 Å². The lowest BCUT2D eigenvalue weighted by Gasteiger charge is -2.35. The van der Waals surface area contributed by atoms with Gasteiger partial charge in [0.2, 0.25) is 11.8 Å². The summed E-state index contributed by atoms with van der Waals surface area (Å²) in [5.41, 5.74) is 0.447. The summed E-state index contributed by atoms with van der Waals surface area (Å²) in [6.07, 6.45) is 2.95. The van der Waals surface area contributed by atoms with Gasteiger partial charge in [-0.1, -0.05) is 12.1 Å². The molecule has 2 amide bonds. The van der Waals surface area contributed by atoms with E-state index >= 15 is 0 Å². The van der Waals surface area contributed by atoms with Crippen molar-refractivity contribution in [2.45, 2.75) is 44.7 Å². The predicted octanol–water partition coefficient (Wildman–Crippen LogP) is 2.71. The Morgan fingerprint density at radius 2 is 2.13 bits per heavy atom. The fourth-order valence-corrected chi connectivity index (χ4v) is 3.45. The van der Waals surface area contributed by atoms with Gasteiger partial charge in [-0.15, -0.1) is 0 Å². The van der Waals surface area contributed by atoms with Gasteiger partial charge in [-0.2, -0.15) is 0 Å². The van der Waals surface area contributed by atoms with Crippen LogP contribution in [0, 0.1) is 0 Å². The Morgan fingerprint density at radius 1 is 1.30 bits per heavy atom. The smallest absolute Gasteiger partial charge is 0.227 e. The van der Waals surface area contributed by atoms with Crippen molar-refractivity contribution in [2.75, 3.05) is 24.5 Å². The molecule has 23 heavy (non-hydrogen) atoms. The number of carbonyl (C=O) groups excluding carboxylic acids is 2. The third-order valence-electron chi connectivity index (χ3n) is 4.65. The molecule has 0 spiro atoms. The molecule has 3 rings (SSSR count). The van der Waals surface area contributed by atoms with Gasteiger partial charge < -0.3 is 9.80 Å². The second-order valence-electron chi connectivity index (χ2n) is 6.83. The highest BCUT2D eigenvalue weighted by atomic mass is 19.1. The largest absolute Gasteiger partial charge is 0.339 e. The van der Waals surface area contributed by atoms with E-state index in [1.165, 1.54) is 0 Å². The van der Waals surface area contributed by atoms with Crippen LogP contribution in [0.5, 0.6) is 0 Å². The summed E-state index contributed by atoms with van der Waals surface area (Å²) in [6, 6.07) is 7.57. The van der Waals surface area contributed by atoms with Gasteiger partial charge in [0.25, 0.3) is 0 Å². The monoisotopic (exact) mass is 318 g/mol. The number of amides is 2. The van der Waals surface area contributed by atoms with Gasteiger partial charge >= 0.3 is 0 Å². The van der Waals surface area contributed by atoms with Gasteiger partial charge in [0.15, 0.2) is 0 Å². The van der Waals surface area contributed by atoms with E-state index in [-0.39, 0.29) is 24.8 Å². The first kappa shape index (κ1) is 16.0. The van der Waals surface area contributed by atoms with Gasteiger partial charge in [-0.3, -0.25) is 9.59 Å². The van der Waals surface area contributed by atoms with E-state index in [9.17, 15) is 14.0 Å². The van der Waals surface area contributed by atoms with Gasteiger partial charge in [0.05, 0.1) is 13.0 Å². The minimum Gasteiger partial charge on any atom is -0.339 e. The van der Waals surface area contributed by atoms with Gasteiger partial charge in [0, 0.05) is 25.2 Å². The van der Waals surface area contributed by atoms with Crippen molar-refractivity contribution in [3.05, 3.63) is 29.8 Å². The summed E-state index contributed by atoms with van der Waals surface area (Å²) >= 11 is 0. The van der Waals surface area contributed by atoms with Gasteiger partial charge in [0.1, 0.15) is 5.67 Å². The van der Waals surface area contributed by atoms with Gasteiger partial charge in [-0.05, 0) is 43.9 Å². The highest BCUT2D eigenvalue weighted by molar-refractivity contribution is 5.95. The van der Waals surface area contributed by atoms with E-state index in [1.54, 1.807) is 16.7 Å². The molecule has 2 fully saturated rings. The molecule has 1 aromatic rings. The number of halogens is 1. The van der Waals surface area contributed by atoms with Crippen LogP contribution in [0.4, 0.5) is 10.1 Å². The number of hydrogen-bond donors (Lipinski definition) is 0. The van der Waals surface area contributed by atoms with Crippen molar-refractivity contribution in [1.29, 1.82) is 0 Å². The zero-order valence-corrected chi connectivity index (χ0v) is 13.6. The Kier molecular flexibility index (Phi) is 4.37. The first-order valence-corrected chi connectivity index (χ1v) is 8.31. The van der Waals surface area contributed by atoms with E-state index in [2.05, 4.69) is 0 Å². The molecule has 2 aliphatic rings. The summed E-state index contributed by atoms with van der Waals surface area (Å²) in [5, 5.41) is 0. The van der Waals surface area contributed by atoms with Crippen molar-refractivity contribution in [3.63, 3.8) is 0 Å². The number of hydrogen-bond acceptors (Lipinski definition) is 2. The van der Waals surface area contributed by atoms with Crippen LogP contribution in [0.1, 0.15) is 38.2 Å². The highest BCUT2D eigenvalue weighted by Crippen LogP contribution is 2.26. The maximum atomic E-state index is 14.1. The molecule has 0 radical (unpaired) electrons. The average Bonchev–Trinajstić information content (AvgIpc) is 2.92. The standard InChI is InChI=1S/C18H23FN2O2/c1-18(19)8-4-9-20(13-18)17(23)12-14-5-2-6-15(11-14)21-10-3-7-16(21)22/h2,5-6,11H,3-4,7-10,12-13H2,1H3/t18-/m1/s1. The number of rotatable bonds is 3. The molecule has 5 heteroatoms. The number of anilines is 1. The third-order valence-corrected chi connectivity index (χ3v) is 4.65. The molecule has 4 nitrogen and oxygen atoms in total. The Balaban J connectivity index is 1.68. The topological polar surface area (TPSA) is 40.6 Å². The quantitative estimate of drug-likeness (QED) is 0.860. The van der Waals surface area contributed by atoms with E-state index in [0.29, 0.717) is 25.8 Å². The Bertz CT molecular complexity index is 615. The van der Waals surface area contributed by atoms with Crippen LogP contribution in [-0.4, -0.2) is 42.0 Å². The second kappa shape index (κ2) is 6.30. The minimum atomic E-state index is -1.28. The molecule has 2 saturated heterocycles. The molecule has 2 aliphatic heterocycles. The number of likely N-dealkylation sites (tertiary alicyclic amines) is 1. The molecule has 1 atom stereocenters. The van der Waals surface area contributed by atoms with E-state index < -0.39 is 5.67 Å². The molecule has 0 aromatic heterocycles. The number of piperidine rings is 1. The van der Waals surface area contributed by atoms with Crippen molar-refractivity contribution >= 4 is 17.5 Å². The molecule has 2 heterocycles. The summed E-state index contributed by atoms with van der Waals surface area (Å²) in [4.78, 5) is 27.7. The predicted molar refractivity (Wildman–Crippen MR) is 87.1 cm³/mol. The Hall–Kier alpha value is -1.91. The molecule has 0 saturated carbocycles. The zero-order chi connectivity index (χ0) is 16.4. The van der Waals surface area contributed by atoms with Crippen LogP contribution < -0.4 is 4.90 Å². The number of carbonyl (C=O) groups is 2. The second-order valence-corrected chi connectivity index (χ2v) is 6.83. The van der Waals surface area contributed by atoms with Crippen LogP contribution in [0.3, 0.4) is 0 Å². The number of benzene rings is 1. The molecule has 0 unspecified atom stereocenters. The molecule has 0 aliphatic carbocycles. The lowest BCUT2D eigenvalue weighted by Crippen LogP contribution is -2.46. The van der Waals surface area contributed by atoms with E-state index in [1.807, 2.05) is 24.3 Å². The average molecular weight is 318 g/mol. The molecular formula is C18H23FN2O2. The van der Waals surface area contributed by atoms with Crippen molar-refractivity contribution in [1.82, 2.24) is 4.90 Å². The number of nitrogens with zero attached hydrogens (tertiary/aromatic N) is 2. The normalized spacial score (nSPS) is 25.0. The van der Waals surface area contributed by atoms with E-state index in [0.717, 1.165) is 24.2 Å². The lowest BCUT2D eigenvalue weighted by atomic mass is 9.96.